The molecule has 4 nitrogen and oxygen atoms in total. The molecule has 0 heterocycles. The highest BCUT2D eigenvalue weighted by Gasteiger charge is 2.11. The SMILES string of the molecule is O=C(Nc1ccc(N=Cc2cc(Cl)cc(Cl)c2O)cc1)c1ccc(Cl)cc1Cl. The van der Waals surface area contributed by atoms with Gasteiger partial charge in [0.25, 0.3) is 5.91 Å². The first-order valence-corrected chi connectivity index (χ1v) is 9.43. The minimum Gasteiger partial charge on any atom is -0.506 e. The first-order chi connectivity index (χ1) is 13.3. The van der Waals surface area contributed by atoms with Crippen LogP contribution in [0.1, 0.15) is 15.9 Å². The number of benzene rings is 3. The summed E-state index contributed by atoms with van der Waals surface area (Å²) in [4.78, 5) is 16.6. The number of rotatable bonds is 4. The van der Waals surface area contributed by atoms with E-state index in [2.05, 4.69) is 10.3 Å². The minimum absolute atomic E-state index is 0.0986. The van der Waals surface area contributed by atoms with Crippen LogP contribution >= 0.6 is 46.4 Å². The fraction of sp³-hybridized carbons (Fsp3) is 0. The van der Waals surface area contributed by atoms with Crippen molar-refractivity contribution in [2.75, 3.05) is 5.32 Å². The predicted molar refractivity (Wildman–Crippen MR) is 116 cm³/mol. The molecule has 0 aliphatic carbocycles. The number of aliphatic imine (C=N–C) groups is 1. The summed E-state index contributed by atoms with van der Waals surface area (Å²) >= 11 is 23.7. The van der Waals surface area contributed by atoms with Crippen molar-refractivity contribution >= 4 is 69.9 Å². The molecule has 3 rings (SSSR count). The van der Waals surface area contributed by atoms with Crippen LogP contribution in [0.3, 0.4) is 0 Å². The largest absolute Gasteiger partial charge is 0.506 e. The molecule has 28 heavy (non-hydrogen) atoms. The molecule has 0 unspecified atom stereocenters. The van der Waals surface area contributed by atoms with E-state index in [0.717, 1.165) is 0 Å². The lowest BCUT2D eigenvalue weighted by molar-refractivity contribution is 0.102. The van der Waals surface area contributed by atoms with Gasteiger partial charge in [0.1, 0.15) is 5.75 Å². The van der Waals surface area contributed by atoms with Crippen molar-refractivity contribution in [1.82, 2.24) is 0 Å². The van der Waals surface area contributed by atoms with E-state index in [-0.39, 0.29) is 21.7 Å². The van der Waals surface area contributed by atoms with Gasteiger partial charge in [-0.15, -0.1) is 0 Å². The highest BCUT2D eigenvalue weighted by Crippen LogP contribution is 2.30. The number of hydrogen-bond donors (Lipinski definition) is 2. The molecular weight excluding hydrogens is 442 g/mol. The summed E-state index contributed by atoms with van der Waals surface area (Å²) < 4.78 is 0. The summed E-state index contributed by atoms with van der Waals surface area (Å²) in [5, 5.41) is 14.0. The molecular formula is C20H12Cl4N2O2. The van der Waals surface area contributed by atoms with Gasteiger partial charge in [0.2, 0.25) is 0 Å². The standard InChI is InChI=1S/C20H12Cl4N2O2/c21-12-1-6-16(17(23)8-12)20(28)26-15-4-2-14(3-5-15)25-10-11-7-13(22)9-18(24)19(11)27/h1-10,27H,(H,26,28). The summed E-state index contributed by atoms with van der Waals surface area (Å²) in [7, 11) is 0. The molecule has 0 spiro atoms. The highest BCUT2D eigenvalue weighted by atomic mass is 35.5. The molecule has 0 atom stereocenters. The Morgan fingerprint density at radius 2 is 1.57 bits per heavy atom. The summed E-state index contributed by atoms with van der Waals surface area (Å²) in [6, 6.07) is 14.5. The van der Waals surface area contributed by atoms with E-state index < -0.39 is 0 Å². The monoisotopic (exact) mass is 452 g/mol. The molecule has 8 heteroatoms. The third-order valence-electron chi connectivity index (χ3n) is 3.71. The smallest absolute Gasteiger partial charge is 0.257 e. The van der Waals surface area contributed by atoms with Crippen LogP contribution in [0.4, 0.5) is 11.4 Å². The fourth-order valence-corrected chi connectivity index (χ4v) is 3.33. The molecule has 0 saturated carbocycles. The number of anilines is 1. The number of carbonyl (C=O) groups is 1. The first-order valence-electron chi connectivity index (χ1n) is 7.92. The first kappa shape index (κ1) is 20.5. The van der Waals surface area contributed by atoms with Crippen LogP contribution in [-0.4, -0.2) is 17.2 Å². The number of amides is 1. The molecule has 2 N–H and O–H groups in total. The van der Waals surface area contributed by atoms with Gasteiger partial charge in [-0.05, 0) is 54.6 Å². The van der Waals surface area contributed by atoms with Gasteiger partial charge in [0, 0.05) is 27.5 Å². The average molecular weight is 454 g/mol. The van der Waals surface area contributed by atoms with Crippen LogP contribution in [0.25, 0.3) is 0 Å². The number of phenols is 1. The predicted octanol–water partition coefficient (Wildman–Crippen LogP) is 7.01. The van der Waals surface area contributed by atoms with E-state index in [0.29, 0.717) is 32.5 Å². The van der Waals surface area contributed by atoms with Crippen molar-refractivity contribution in [2.24, 2.45) is 4.99 Å². The summed E-state index contributed by atoms with van der Waals surface area (Å²) in [6.07, 6.45) is 1.45. The second kappa shape index (κ2) is 8.84. The molecule has 3 aromatic rings. The fourth-order valence-electron chi connectivity index (χ4n) is 2.33. The van der Waals surface area contributed by atoms with Crippen LogP contribution in [0.2, 0.25) is 20.1 Å². The third kappa shape index (κ3) is 4.97. The molecule has 0 bridgehead atoms. The van der Waals surface area contributed by atoms with Gasteiger partial charge in [0.05, 0.1) is 21.3 Å². The molecule has 3 aromatic carbocycles. The zero-order valence-corrected chi connectivity index (χ0v) is 17.1. The molecule has 0 saturated heterocycles. The van der Waals surface area contributed by atoms with Crippen molar-refractivity contribution in [2.45, 2.75) is 0 Å². The Balaban J connectivity index is 1.72. The summed E-state index contributed by atoms with van der Waals surface area (Å²) in [6.45, 7) is 0. The Kier molecular flexibility index (Phi) is 6.47. The van der Waals surface area contributed by atoms with Gasteiger partial charge < -0.3 is 10.4 Å². The van der Waals surface area contributed by atoms with Crippen molar-refractivity contribution in [3.63, 3.8) is 0 Å². The minimum atomic E-state index is -0.351. The molecule has 1 amide bonds. The van der Waals surface area contributed by atoms with E-state index >= 15 is 0 Å². The maximum Gasteiger partial charge on any atom is 0.257 e. The Morgan fingerprint density at radius 3 is 2.25 bits per heavy atom. The van der Waals surface area contributed by atoms with Crippen molar-refractivity contribution < 1.29 is 9.90 Å². The van der Waals surface area contributed by atoms with E-state index in [1.54, 1.807) is 42.5 Å². The molecule has 0 fully saturated rings. The topological polar surface area (TPSA) is 61.7 Å². The van der Waals surface area contributed by atoms with Crippen LogP contribution in [0.5, 0.6) is 5.75 Å². The molecule has 0 radical (unpaired) electrons. The number of nitrogens with zero attached hydrogens (tertiary/aromatic N) is 1. The number of halogens is 4. The molecule has 0 aromatic heterocycles. The van der Waals surface area contributed by atoms with Gasteiger partial charge in [0.15, 0.2) is 0 Å². The van der Waals surface area contributed by atoms with E-state index in [9.17, 15) is 9.90 Å². The lowest BCUT2D eigenvalue weighted by Crippen LogP contribution is -2.12. The van der Waals surface area contributed by atoms with E-state index in [1.807, 2.05) is 0 Å². The van der Waals surface area contributed by atoms with E-state index in [4.69, 9.17) is 46.4 Å². The van der Waals surface area contributed by atoms with E-state index in [1.165, 1.54) is 18.3 Å². The zero-order valence-electron chi connectivity index (χ0n) is 14.1. The lowest BCUT2D eigenvalue weighted by Gasteiger charge is -2.07. The maximum absolute atomic E-state index is 12.3. The Labute approximate surface area is 181 Å². The normalized spacial score (nSPS) is 11.0. The van der Waals surface area contributed by atoms with Crippen LogP contribution in [-0.2, 0) is 0 Å². The number of carbonyl (C=O) groups excluding carboxylic acids is 1. The quantitative estimate of drug-likeness (QED) is 0.417. The summed E-state index contributed by atoms with van der Waals surface area (Å²) in [5.41, 5.74) is 1.90. The Hall–Kier alpha value is -2.24. The second-order valence-electron chi connectivity index (χ2n) is 5.71. The average Bonchev–Trinajstić information content (AvgIpc) is 2.64. The number of nitrogens with one attached hydrogen (secondary N) is 1. The van der Waals surface area contributed by atoms with Crippen molar-refractivity contribution in [1.29, 1.82) is 0 Å². The second-order valence-corrected chi connectivity index (χ2v) is 7.40. The maximum atomic E-state index is 12.3. The van der Waals surface area contributed by atoms with Crippen LogP contribution in [0.15, 0.2) is 59.6 Å². The third-order valence-corrected chi connectivity index (χ3v) is 4.77. The highest BCUT2D eigenvalue weighted by molar-refractivity contribution is 6.37. The molecule has 0 aliphatic rings. The molecule has 142 valence electrons. The number of hydrogen-bond acceptors (Lipinski definition) is 3. The van der Waals surface area contributed by atoms with Gasteiger partial charge >= 0.3 is 0 Å². The van der Waals surface area contributed by atoms with Crippen LogP contribution in [0, 0.1) is 0 Å². The van der Waals surface area contributed by atoms with Gasteiger partial charge in [-0.3, -0.25) is 9.79 Å². The molecule has 0 aliphatic heterocycles. The Morgan fingerprint density at radius 1 is 0.893 bits per heavy atom. The van der Waals surface area contributed by atoms with Gasteiger partial charge in [-0.2, -0.15) is 0 Å². The number of phenolic OH excluding ortho intramolecular Hbond substituents is 1. The number of aromatic hydroxyl groups is 1. The van der Waals surface area contributed by atoms with Gasteiger partial charge in [-0.1, -0.05) is 46.4 Å². The van der Waals surface area contributed by atoms with Gasteiger partial charge in [-0.25, -0.2) is 0 Å². The van der Waals surface area contributed by atoms with Crippen molar-refractivity contribution in [3.05, 3.63) is 85.8 Å². The summed E-state index contributed by atoms with van der Waals surface area (Å²) in [5.74, 6) is -0.449. The van der Waals surface area contributed by atoms with Crippen LogP contribution < -0.4 is 5.32 Å². The lowest BCUT2D eigenvalue weighted by atomic mass is 10.2. The zero-order chi connectivity index (χ0) is 20.3. The Bertz CT molecular complexity index is 1070. The van der Waals surface area contributed by atoms with Crippen molar-refractivity contribution in [3.8, 4) is 5.75 Å².